The Balaban J connectivity index is 2.47. The van der Waals surface area contributed by atoms with Crippen LogP contribution in [0, 0.1) is 0 Å². The minimum Gasteiger partial charge on any atom is -0.391 e. The van der Waals surface area contributed by atoms with Gasteiger partial charge in [0.05, 0.1) is 6.61 Å². The molecule has 0 aliphatic rings. The van der Waals surface area contributed by atoms with Gasteiger partial charge in [-0.15, -0.1) is 0 Å². The second-order valence-corrected chi connectivity index (χ2v) is 2.71. The van der Waals surface area contributed by atoms with Gasteiger partial charge in [-0.2, -0.15) is 0 Å². The minimum absolute atomic E-state index is 0.0479. The van der Waals surface area contributed by atoms with Gasteiger partial charge in [0, 0.05) is 11.1 Å². The average Bonchev–Trinajstić information content (AvgIpc) is 2.67. The molecule has 0 saturated carbocycles. The summed E-state index contributed by atoms with van der Waals surface area (Å²) in [5, 5.41) is 12.8. The molecule has 13 heavy (non-hydrogen) atoms. The van der Waals surface area contributed by atoms with Gasteiger partial charge >= 0.3 is 0 Å². The van der Waals surface area contributed by atoms with Gasteiger partial charge in [0.25, 0.3) is 0 Å². The first-order valence-corrected chi connectivity index (χ1v) is 4.01. The Labute approximate surface area is 75.6 Å². The summed E-state index contributed by atoms with van der Waals surface area (Å²) in [6.07, 6.45) is 1.46. The molecule has 0 aliphatic heterocycles. The van der Waals surface area contributed by atoms with Gasteiger partial charge in [-0.05, 0) is 0 Å². The third kappa shape index (κ3) is 1.46. The molecule has 0 fully saturated rings. The maximum Gasteiger partial charge on any atom is 0.129 e. The maximum absolute atomic E-state index is 8.97. The fourth-order valence-electron chi connectivity index (χ4n) is 1.20. The molecule has 0 amide bonds. The fraction of sp³-hybridized carbons (Fsp3) is 0.100. The molecule has 2 aromatic rings. The van der Waals surface area contributed by atoms with Crippen molar-refractivity contribution in [1.29, 1.82) is 0 Å². The molecular formula is C10H9NO2. The number of benzene rings is 1. The first-order valence-electron chi connectivity index (χ1n) is 4.01. The summed E-state index contributed by atoms with van der Waals surface area (Å²) in [5.41, 5.74) is 2.38. The van der Waals surface area contributed by atoms with Crippen LogP contribution in [0.2, 0.25) is 0 Å². The topological polar surface area (TPSA) is 46.3 Å². The van der Waals surface area contributed by atoms with Gasteiger partial charge in [-0.3, -0.25) is 0 Å². The van der Waals surface area contributed by atoms with E-state index in [4.69, 9.17) is 9.63 Å². The molecule has 1 heterocycles. The molecule has 66 valence electrons. The molecule has 0 spiro atoms. The maximum atomic E-state index is 8.97. The van der Waals surface area contributed by atoms with Crippen molar-refractivity contribution in [3.05, 3.63) is 42.2 Å². The lowest BCUT2D eigenvalue weighted by Gasteiger charge is -1.96. The lowest BCUT2D eigenvalue weighted by molar-refractivity contribution is 0.280. The molecular weight excluding hydrogens is 166 g/mol. The van der Waals surface area contributed by atoms with Crippen LogP contribution in [0.3, 0.4) is 0 Å². The van der Waals surface area contributed by atoms with Crippen molar-refractivity contribution in [3.63, 3.8) is 0 Å². The van der Waals surface area contributed by atoms with Crippen molar-refractivity contribution in [3.8, 4) is 11.3 Å². The average molecular weight is 175 g/mol. The Kier molecular flexibility index (Phi) is 2.10. The van der Waals surface area contributed by atoms with Crippen LogP contribution < -0.4 is 0 Å². The molecule has 1 aromatic heterocycles. The van der Waals surface area contributed by atoms with E-state index in [1.54, 1.807) is 0 Å². The molecule has 1 N–H and O–H groups in total. The zero-order chi connectivity index (χ0) is 9.10. The van der Waals surface area contributed by atoms with Gasteiger partial charge in [-0.1, -0.05) is 35.5 Å². The highest BCUT2D eigenvalue weighted by Crippen LogP contribution is 2.21. The van der Waals surface area contributed by atoms with Crippen molar-refractivity contribution in [2.45, 2.75) is 6.61 Å². The molecule has 3 nitrogen and oxygen atoms in total. The van der Waals surface area contributed by atoms with Crippen LogP contribution in [0.1, 0.15) is 5.56 Å². The van der Waals surface area contributed by atoms with E-state index in [1.807, 2.05) is 30.3 Å². The Morgan fingerprint density at radius 3 is 2.69 bits per heavy atom. The standard InChI is InChI=1S/C10H9NO2/c12-6-9-7-13-11-10(9)8-4-2-1-3-5-8/h1-5,7,12H,6H2. The Hall–Kier alpha value is -1.61. The summed E-state index contributed by atoms with van der Waals surface area (Å²) < 4.78 is 4.78. The summed E-state index contributed by atoms with van der Waals surface area (Å²) in [4.78, 5) is 0. The number of aliphatic hydroxyl groups excluding tert-OH is 1. The zero-order valence-electron chi connectivity index (χ0n) is 6.97. The number of hydrogen-bond donors (Lipinski definition) is 1. The number of hydrogen-bond acceptors (Lipinski definition) is 3. The van der Waals surface area contributed by atoms with Crippen LogP contribution in [-0.4, -0.2) is 10.3 Å². The molecule has 0 saturated heterocycles. The molecule has 0 unspecified atom stereocenters. The quantitative estimate of drug-likeness (QED) is 0.757. The van der Waals surface area contributed by atoms with Gasteiger partial charge in [-0.25, -0.2) is 0 Å². The van der Waals surface area contributed by atoms with Crippen molar-refractivity contribution in [1.82, 2.24) is 5.16 Å². The monoisotopic (exact) mass is 175 g/mol. The summed E-state index contributed by atoms with van der Waals surface area (Å²) in [5.74, 6) is 0. The van der Waals surface area contributed by atoms with Gasteiger partial charge in [0.1, 0.15) is 12.0 Å². The molecule has 0 bridgehead atoms. The fourth-order valence-corrected chi connectivity index (χ4v) is 1.20. The second kappa shape index (κ2) is 3.41. The SMILES string of the molecule is OCc1conc1-c1ccccc1. The van der Waals surface area contributed by atoms with Crippen molar-refractivity contribution in [2.75, 3.05) is 0 Å². The van der Waals surface area contributed by atoms with E-state index in [1.165, 1.54) is 6.26 Å². The van der Waals surface area contributed by atoms with E-state index in [0.717, 1.165) is 5.56 Å². The molecule has 0 atom stereocenters. The predicted octanol–water partition coefficient (Wildman–Crippen LogP) is 1.83. The van der Waals surface area contributed by atoms with E-state index in [0.29, 0.717) is 11.3 Å². The Bertz CT molecular complexity index is 381. The van der Waals surface area contributed by atoms with E-state index >= 15 is 0 Å². The van der Waals surface area contributed by atoms with E-state index in [9.17, 15) is 0 Å². The van der Waals surface area contributed by atoms with Crippen LogP contribution in [0.15, 0.2) is 41.1 Å². The normalized spacial score (nSPS) is 10.2. The number of aliphatic hydroxyl groups is 1. The summed E-state index contributed by atoms with van der Waals surface area (Å²) in [7, 11) is 0. The Morgan fingerprint density at radius 1 is 1.23 bits per heavy atom. The predicted molar refractivity (Wildman–Crippen MR) is 47.9 cm³/mol. The summed E-state index contributed by atoms with van der Waals surface area (Å²) >= 11 is 0. The van der Waals surface area contributed by atoms with Crippen LogP contribution in [0.25, 0.3) is 11.3 Å². The number of rotatable bonds is 2. The van der Waals surface area contributed by atoms with Crippen LogP contribution in [-0.2, 0) is 6.61 Å². The minimum atomic E-state index is -0.0479. The summed E-state index contributed by atoms with van der Waals surface area (Å²) in [6, 6.07) is 9.63. The molecule has 0 radical (unpaired) electrons. The highest BCUT2D eigenvalue weighted by molar-refractivity contribution is 5.61. The highest BCUT2D eigenvalue weighted by atomic mass is 16.5. The van der Waals surface area contributed by atoms with Crippen molar-refractivity contribution >= 4 is 0 Å². The smallest absolute Gasteiger partial charge is 0.129 e. The van der Waals surface area contributed by atoms with Gasteiger partial charge in [0.2, 0.25) is 0 Å². The molecule has 2 rings (SSSR count). The van der Waals surface area contributed by atoms with Crippen LogP contribution in [0.5, 0.6) is 0 Å². The summed E-state index contributed by atoms with van der Waals surface area (Å²) in [6.45, 7) is -0.0479. The van der Waals surface area contributed by atoms with E-state index in [-0.39, 0.29) is 6.61 Å². The van der Waals surface area contributed by atoms with Crippen molar-refractivity contribution < 1.29 is 9.63 Å². The molecule has 3 heteroatoms. The number of aromatic nitrogens is 1. The number of nitrogens with zero attached hydrogens (tertiary/aromatic N) is 1. The zero-order valence-corrected chi connectivity index (χ0v) is 6.97. The van der Waals surface area contributed by atoms with Gasteiger partial charge < -0.3 is 9.63 Å². The third-order valence-corrected chi connectivity index (χ3v) is 1.86. The highest BCUT2D eigenvalue weighted by Gasteiger charge is 2.07. The van der Waals surface area contributed by atoms with Crippen LogP contribution >= 0.6 is 0 Å². The second-order valence-electron chi connectivity index (χ2n) is 2.71. The third-order valence-electron chi connectivity index (χ3n) is 1.86. The molecule has 1 aromatic carbocycles. The first kappa shape index (κ1) is 8.01. The lowest BCUT2D eigenvalue weighted by Crippen LogP contribution is -1.84. The van der Waals surface area contributed by atoms with Crippen molar-refractivity contribution in [2.24, 2.45) is 0 Å². The first-order chi connectivity index (χ1) is 6.42. The Morgan fingerprint density at radius 2 is 2.00 bits per heavy atom. The molecule has 0 aliphatic carbocycles. The van der Waals surface area contributed by atoms with E-state index in [2.05, 4.69) is 5.16 Å². The van der Waals surface area contributed by atoms with Crippen LogP contribution in [0.4, 0.5) is 0 Å². The largest absolute Gasteiger partial charge is 0.391 e. The lowest BCUT2D eigenvalue weighted by atomic mass is 10.1. The van der Waals surface area contributed by atoms with Gasteiger partial charge in [0.15, 0.2) is 0 Å². The van der Waals surface area contributed by atoms with E-state index < -0.39 is 0 Å².